The van der Waals surface area contributed by atoms with E-state index in [0.29, 0.717) is 11.7 Å². The third-order valence-corrected chi connectivity index (χ3v) is 6.11. The molecule has 1 aliphatic rings. The first-order valence-corrected chi connectivity index (χ1v) is 10.3. The minimum Gasteiger partial charge on any atom is -0.496 e. The van der Waals surface area contributed by atoms with Crippen LogP contribution in [0.3, 0.4) is 0 Å². The number of aryl methyl sites for hydroxylation is 1. The molecule has 8 heteroatoms. The first kappa shape index (κ1) is 20.2. The summed E-state index contributed by atoms with van der Waals surface area (Å²) < 4.78 is 7.74. The van der Waals surface area contributed by atoms with Gasteiger partial charge >= 0.3 is 0 Å². The van der Waals surface area contributed by atoms with Gasteiger partial charge in [0.2, 0.25) is 0 Å². The maximum Gasteiger partial charge on any atom is 0.140 e. The Kier molecular flexibility index (Phi) is 5.40. The zero-order valence-corrected chi connectivity index (χ0v) is 18.0. The van der Waals surface area contributed by atoms with Crippen LogP contribution < -0.4 is 4.74 Å². The summed E-state index contributed by atoms with van der Waals surface area (Å²) in [6, 6.07) is 14.3. The molecule has 30 heavy (non-hydrogen) atoms. The number of benzene rings is 1. The van der Waals surface area contributed by atoms with E-state index in [9.17, 15) is 0 Å². The molecule has 150 valence electrons. The zero-order valence-electron chi connectivity index (χ0n) is 18.0. The predicted octanol–water partition coefficient (Wildman–Crippen LogP) is 1.32. The summed E-state index contributed by atoms with van der Waals surface area (Å²) in [5, 5.41) is 13.5. The van der Waals surface area contributed by atoms with Gasteiger partial charge in [0, 0.05) is 41.4 Å². The van der Waals surface area contributed by atoms with Crippen molar-refractivity contribution in [1.82, 2.24) is 19.7 Å². The summed E-state index contributed by atoms with van der Waals surface area (Å²) >= 11 is 0. The van der Waals surface area contributed by atoms with Crippen molar-refractivity contribution in [3.8, 4) is 22.9 Å². The van der Waals surface area contributed by atoms with Crippen molar-refractivity contribution in [2.75, 3.05) is 20.2 Å². The van der Waals surface area contributed by atoms with Crippen LogP contribution in [0.1, 0.15) is 29.9 Å². The van der Waals surface area contributed by atoms with Gasteiger partial charge in [-0.2, -0.15) is 10.4 Å². The highest BCUT2D eigenvalue weighted by atomic mass is 16.5. The van der Waals surface area contributed by atoms with Crippen LogP contribution in [0.4, 0.5) is 0 Å². The Morgan fingerprint density at radius 3 is 2.70 bits per heavy atom. The molecule has 0 unspecified atom stereocenters. The van der Waals surface area contributed by atoms with Crippen molar-refractivity contribution in [2.45, 2.75) is 24.7 Å². The van der Waals surface area contributed by atoms with Crippen LogP contribution in [-0.4, -0.2) is 55.6 Å². The van der Waals surface area contributed by atoms with E-state index >= 15 is 0 Å². The first-order valence-electron chi connectivity index (χ1n) is 10.3. The van der Waals surface area contributed by atoms with E-state index in [0.717, 1.165) is 42.1 Å². The second-order valence-electron chi connectivity index (χ2n) is 8.20. The molecule has 1 aromatic carbocycles. The van der Waals surface area contributed by atoms with Crippen LogP contribution in [0.15, 0.2) is 48.8 Å². The summed E-state index contributed by atoms with van der Waals surface area (Å²) in [6.45, 7) is 3.91. The Hall–Kier alpha value is -3.04. The van der Waals surface area contributed by atoms with Gasteiger partial charge in [-0.05, 0) is 24.1 Å². The van der Waals surface area contributed by atoms with Gasteiger partial charge < -0.3 is 9.64 Å². The molecule has 1 fully saturated rings. The van der Waals surface area contributed by atoms with E-state index in [-0.39, 0.29) is 5.34 Å². The molecule has 1 saturated heterocycles. The third-order valence-electron chi connectivity index (χ3n) is 6.11. The number of hydrogen-bond acceptors (Lipinski definition) is 5. The lowest BCUT2D eigenvalue weighted by Gasteiger charge is -2.49. The van der Waals surface area contributed by atoms with Crippen LogP contribution in [0, 0.1) is 11.3 Å². The lowest BCUT2D eigenvalue weighted by atomic mass is 9.57. The fourth-order valence-electron chi connectivity index (χ4n) is 4.09. The van der Waals surface area contributed by atoms with Crippen LogP contribution in [0.2, 0.25) is 0 Å². The number of pyridine rings is 1. The molecule has 0 spiro atoms. The van der Waals surface area contributed by atoms with Crippen molar-refractivity contribution in [3.05, 3.63) is 65.7 Å². The zero-order chi connectivity index (χ0) is 21.3. The van der Waals surface area contributed by atoms with Gasteiger partial charge in [-0.15, -0.1) is 0 Å². The van der Waals surface area contributed by atoms with Gasteiger partial charge in [-0.1, -0.05) is 31.2 Å². The van der Waals surface area contributed by atoms with E-state index < -0.39 is 0 Å². The molecular formula is C22H25B2N5O. The Balaban J connectivity index is 1.50. The lowest BCUT2D eigenvalue weighted by Crippen LogP contribution is -2.59. The van der Waals surface area contributed by atoms with E-state index in [1.165, 1.54) is 5.56 Å². The molecule has 2 aromatic heterocycles. The number of aromatic nitrogens is 3. The Morgan fingerprint density at radius 2 is 2.00 bits per heavy atom. The van der Waals surface area contributed by atoms with Crippen molar-refractivity contribution < 1.29 is 4.74 Å². The molecule has 4 rings (SSSR count). The van der Waals surface area contributed by atoms with Crippen molar-refractivity contribution in [1.29, 1.82) is 5.26 Å². The van der Waals surface area contributed by atoms with Gasteiger partial charge in [0.25, 0.3) is 0 Å². The molecule has 0 aliphatic carbocycles. The quantitative estimate of drug-likeness (QED) is 0.588. The maximum atomic E-state index is 9.15. The van der Waals surface area contributed by atoms with Gasteiger partial charge in [0.15, 0.2) is 0 Å². The number of ether oxygens (including phenoxy) is 1. The largest absolute Gasteiger partial charge is 0.496 e. The topological polar surface area (TPSA) is 67.0 Å². The minimum absolute atomic E-state index is 0.238. The SMILES string of the molecule is BC(B)(c1cccc(C#N)n1)N1CC(n2cc(-c3cccc(CC)c3OC)cn2)C1. The Morgan fingerprint density at radius 1 is 1.23 bits per heavy atom. The predicted molar refractivity (Wildman–Crippen MR) is 122 cm³/mol. The second-order valence-corrected chi connectivity index (χ2v) is 8.20. The van der Waals surface area contributed by atoms with Crippen molar-refractivity contribution >= 4 is 15.7 Å². The number of nitrogens with zero attached hydrogens (tertiary/aromatic N) is 5. The van der Waals surface area contributed by atoms with Crippen molar-refractivity contribution in [2.24, 2.45) is 0 Å². The first-order chi connectivity index (χ1) is 14.5. The number of methoxy groups -OCH3 is 1. The molecule has 0 amide bonds. The van der Waals surface area contributed by atoms with E-state index in [1.807, 2.05) is 18.3 Å². The average Bonchev–Trinajstić information content (AvgIpc) is 3.21. The number of nitriles is 1. The molecule has 0 N–H and O–H groups in total. The van der Waals surface area contributed by atoms with Gasteiger partial charge in [0.1, 0.15) is 33.2 Å². The normalized spacial score (nSPS) is 14.8. The molecule has 0 saturated carbocycles. The fourth-order valence-corrected chi connectivity index (χ4v) is 4.09. The third kappa shape index (κ3) is 3.50. The highest BCUT2D eigenvalue weighted by molar-refractivity contribution is 6.39. The summed E-state index contributed by atoms with van der Waals surface area (Å²) in [6.07, 6.45) is 4.96. The molecule has 0 bridgehead atoms. The van der Waals surface area contributed by atoms with Crippen molar-refractivity contribution in [3.63, 3.8) is 0 Å². The minimum atomic E-state index is -0.238. The number of rotatable bonds is 6. The maximum absolute atomic E-state index is 9.15. The summed E-state index contributed by atoms with van der Waals surface area (Å²) in [7, 11) is 6.04. The summed E-state index contributed by atoms with van der Waals surface area (Å²) in [5.41, 5.74) is 4.73. The standard InChI is InChI=1S/C22H25B2N5O/c1-3-15-6-4-8-19(21(15)30-2)16-11-26-29(12-16)18-13-28(14-18)22(23,24)20-9-5-7-17(10-25)27-20/h4-9,11-12,18H,3,13-14,23-24H2,1-2H3. The van der Waals surface area contributed by atoms with Gasteiger partial charge in [-0.25, -0.2) is 4.98 Å². The summed E-state index contributed by atoms with van der Waals surface area (Å²) in [4.78, 5) is 6.88. The van der Waals surface area contributed by atoms with Crippen LogP contribution >= 0.6 is 0 Å². The molecular weight excluding hydrogens is 372 g/mol. The molecule has 6 nitrogen and oxygen atoms in total. The lowest BCUT2D eigenvalue weighted by molar-refractivity contribution is 0.0638. The van der Waals surface area contributed by atoms with Crippen LogP contribution in [-0.2, 0) is 11.8 Å². The Bertz CT molecular complexity index is 1100. The average molecular weight is 397 g/mol. The molecule has 3 heterocycles. The van der Waals surface area contributed by atoms with Gasteiger partial charge in [-0.3, -0.25) is 4.68 Å². The van der Waals surface area contributed by atoms with Crippen LogP contribution in [0.25, 0.3) is 11.1 Å². The Labute approximate surface area is 179 Å². The highest BCUT2D eigenvalue weighted by Crippen LogP contribution is 2.35. The number of para-hydroxylation sites is 1. The summed E-state index contributed by atoms with van der Waals surface area (Å²) in [5.74, 6) is 0.930. The number of hydrogen-bond donors (Lipinski definition) is 0. The highest BCUT2D eigenvalue weighted by Gasteiger charge is 2.40. The molecule has 0 radical (unpaired) electrons. The van der Waals surface area contributed by atoms with E-state index in [1.54, 1.807) is 13.2 Å². The monoisotopic (exact) mass is 397 g/mol. The smallest absolute Gasteiger partial charge is 0.140 e. The van der Waals surface area contributed by atoms with E-state index in [2.05, 4.69) is 72.7 Å². The number of likely N-dealkylation sites (tertiary alicyclic amines) is 1. The van der Waals surface area contributed by atoms with Crippen LogP contribution in [0.5, 0.6) is 5.75 Å². The fraction of sp³-hybridized carbons (Fsp3) is 0.318. The molecule has 0 atom stereocenters. The second kappa shape index (κ2) is 8.00. The van der Waals surface area contributed by atoms with E-state index in [4.69, 9.17) is 10.00 Å². The molecule has 1 aliphatic heterocycles. The van der Waals surface area contributed by atoms with Gasteiger partial charge in [0.05, 0.1) is 19.3 Å². The molecule has 3 aromatic rings.